The smallest absolute Gasteiger partial charge is 0.101 e. The highest BCUT2D eigenvalue weighted by atomic mass is 15.0. The SMILES string of the molecule is N#Cc1ccc(-n2c3ccccc3c3cc4ccccc4cc32)cc1C#N. The van der Waals surface area contributed by atoms with Gasteiger partial charge in [-0.2, -0.15) is 10.5 Å². The van der Waals surface area contributed by atoms with E-state index < -0.39 is 0 Å². The maximum absolute atomic E-state index is 9.43. The highest BCUT2D eigenvalue weighted by Crippen LogP contribution is 2.35. The van der Waals surface area contributed by atoms with Crippen molar-refractivity contribution in [2.24, 2.45) is 0 Å². The number of hydrogen-bond acceptors (Lipinski definition) is 2. The van der Waals surface area contributed by atoms with E-state index in [1.807, 2.05) is 30.3 Å². The van der Waals surface area contributed by atoms with Crippen LogP contribution < -0.4 is 0 Å². The van der Waals surface area contributed by atoms with Gasteiger partial charge in [-0.05, 0) is 47.2 Å². The predicted octanol–water partition coefficient (Wildman–Crippen LogP) is 5.68. The lowest BCUT2D eigenvalue weighted by atomic mass is 10.1. The Hall–Kier alpha value is -4.08. The number of benzene rings is 4. The third kappa shape index (κ3) is 2.20. The summed E-state index contributed by atoms with van der Waals surface area (Å²) in [5.41, 5.74) is 3.83. The summed E-state index contributed by atoms with van der Waals surface area (Å²) in [5, 5.41) is 23.4. The molecule has 0 aliphatic heterocycles. The summed E-state index contributed by atoms with van der Waals surface area (Å²) in [4.78, 5) is 0. The number of fused-ring (bicyclic) bond motifs is 4. The maximum Gasteiger partial charge on any atom is 0.101 e. The Bertz CT molecular complexity index is 1440. The second-order valence-electron chi connectivity index (χ2n) is 6.52. The van der Waals surface area contributed by atoms with Crippen molar-refractivity contribution in [2.45, 2.75) is 0 Å². The third-order valence-corrected chi connectivity index (χ3v) is 5.04. The van der Waals surface area contributed by atoms with Crippen LogP contribution in [0.15, 0.2) is 78.9 Å². The molecule has 27 heavy (non-hydrogen) atoms. The van der Waals surface area contributed by atoms with E-state index in [-0.39, 0.29) is 0 Å². The quantitative estimate of drug-likeness (QED) is 0.393. The van der Waals surface area contributed by atoms with Crippen molar-refractivity contribution < 1.29 is 0 Å². The number of hydrogen-bond donors (Lipinski definition) is 0. The molecule has 0 spiro atoms. The van der Waals surface area contributed by atoms with Crippen LogP contribution >= 0.6 is 0 Å². The molecule has 0 saturated heterocycles. The van der Waals surface area contributed by atoms with Gasteiger partial charge >= 0.3 is 0 Å². The van der Waals surface area contributed by atoms with Gasteiger partial charge in [0.2, 0.25) is 0 Å². The first kappa shape index (κ1) is 15.2. The summed E-state index contributed by atoms with van der Waals surface area (Å²) in [6, 6.07) is 30.6. The summed E-state index contributed by atoms with van der Waals surface area (Å²) in [7, 11) is 0. The van der Waals surface area contributed by atoms with Gasteiger partial charge in [0.15, 0.2) is 0 Å². The van der Waals surface area contributed by atoms with Gasteiger partial charge < -0.3 is 4.57 Å². The van der Waals surface area contributed by atoms with Gasteiger partial charge in [0.05, 0.1) is 22.2 Å². The minimum Gasteiger partial charge on any atom is -0.309 e. The van der Waals surface area contributed by atoms with E-state index in [9.17, 15) is 10.5 Å². The molecule has 0 N–H and O–H groups in total. The summed E-state index contributed by atoms with van der Waals surface area (Å²) < 4.78 is 2.17. The van der Waals surface area contributed by atoms with Crippen LogP contribution in [-0.4, -0.2) is 4.57 Å². The molecule has 1 aromatic heterocycles. The monoisotopic (exact) mass is 343 g/mol. The van der Waals surface area contributed by atoms with Crippen molar-refractivity contribution in [1.82, 2.24) is 4.57 Å². The second-order valence-corrected chi connectivity index (χ2v) is 6.52. The van der Waals surface area contributed by atoms with E-state index in [0.717, 1.165) is 16.7 Å². The molecule has 0 fully saturated rings. The lowest BCUT2D eigenvalue weighted by molar-refractivity contribution is 1.18. The minimum absolute atomic E-state index is 0.390. The van der Waals surface area contributed by atoms with Gasteiger partial charge in [0.25, 0.3) is 0 Å². The van der Waals surface area contributed by atoms with Crippen molar-refractivity contribution in [2.75, 3.05) is 0 Å². The predicted molar refractivity (Wildman–Crippen MR) is 108 cm³/mol. The molecule has 0 bridgehead atoms. The van der Waals surface area contributed by atoms with Crippen molar-refractivity contribution >= 4 is 32.6 Å². The Morgan fingerprint density at radius 1 is 0.593 bits per heavy atom. The van der Waals surface area contributed by atoms with Crippen LogP contribution in [0.25, 0.3) is 38.3 Å². The fourth-order valence-corrected chi connectivity index (χ4v) is 3.79. The first-order valence-electron chi connectivity index (χ1n) is 8.67. The normalized spacial score (nSPS) is 10.9. The molecule has 0 aliphatic carbocycles. The van der Waals surface area contributed by atoms with Crippen molar-refractivity contribution in [3.8, 4) is 17.8 Å². The molecule has 0 aliphatic rings. The van der Waals surface area contributed by atoms with Gasteiger partial charge in [-0.25, -0.2) is 0 Å². The van der Waals surface area contributed by atoms with Crippen LogP contribution in [0.3, 0.4) is 0 Å². The lowest BCUT2D eigenvalue weighted by Crippen LogP contribution is -1.96. The Kier molecular flexibility index (Phi) is 3.22. The van der Waals surface area contributed by atoms with E-state index in [1.54, 1.807) is 12.1 Å². The van der Waals surface area contributed by atoms with Crippen LogP contribution in [0.5, 0.6) is 0 Å². The average Bonchev–Trinajstić information content (AvgIpc) is 3.05. The Morgan fingerprint density at radius 2 is 1.30 bits per heavy atom. The van der Waals surface area contributed by atoms with Crippen LogP contribution in [0.2, 0.25) is 0 Å². The molecule has 5 aromatic rings. The Labute approximate surface area is 155 Å². The zero-order valence-electron chi connectivity index (χ0n) is 14.3. The highest BCUT2D eigenvalue weighted by Gasteiger charge is 2.14. The summed E-state index contributed by atoms with van der Waals surface area (Å²) >= 11 is 0. The fraction of sp³-hybridized carbons (Fsp3) is 0. The van der Waals surface area contributed by atoms with E-state index in [4.69, 9.17) is 0 Å². The van der Waals surface area contributed by atoms with Gasteiger partial charge in [0.1, 0.15) is 12.1 Å². The van der Waals surface area contributed by atoms with Crippen molar-refractivity contribution in [3.63, 3.8) is 0 Å². The summed E-state index contributed by atoms with van der Waals surface area (Å²) in [6.07, 6.45) is 0. The third-order valence-electron chi connectivity index (χ3n) is 5.04. The lowest BCUT2D eigenvalue weighted by Gasteiger charge is -2.09. The largest absolute Gasteiger partial charge is 0.309 e. The maximum atomic E-state index is 9.43. The standard InChI is InChI=1S/C24H13N3/c25-14-18-9-10-20(11-19(18)15-26)27-23-8-4-3-7-21(23)22-12-16-5-1-2-6-17(16)13-24(22)27/h1-13H. The van der Waals surface area contributed by atoms with Crippen LogP contribution in [0.1, 0.15) is 11.1 Å². The number of rotatable bonds is 1. The number of nitrogens with zero attached hydrogens (tertiary/aromatic N) is 3. The van der Waals surface area contributed by atoms with E-state index in [1.165, 1.54) is 21.5 Å². The molecule has 3 nitrogen and oxygen atoms in total. The zero-order chi connectivity index (χ0) is 18.4. The molecule has 0 amide bonds. The summed E-state index contributed by atoms with van der Waals surface area (Å²) in [5.74, 6) is 0. The minimum atomic E-state index is 0.390. The number of aromatic nitrogens is 1. The Balaban J connectivity index is 1.95. The van der Waals surface area contributed by atoms with Crippen LogP contribution in [-0.2, 0) is 0 Å². The van der Waals surface area contributed by atoms with Gasteiger partial charge in [-0.15, -0.1) is 0 Å². The topological polar surface area (TPSA) is 52.5 Å². The second kappa shape index (κ2) is 5.73. The van der Waals surface area contributed by atoms with E-state index in [2.05, 4.69) is 53.1 Å². The molecular formula is C24H13N3. The van der Waals surface area contributed by atoms with Crippen molar-refractivity contribution in [1.29, 1.82) is 10.5 Å². The number of para-hydroxylation sites is 1. The van der Waals surface area contributed by atoms with E-state index >= 15 is 0 Å². The molecule has 1 heterocycles. The van der Waals surface area contributed by atoms with Gasteiger partial charge in [0, 0.05) is 16.5 Å². The van der Waals surface area contributed by atoms with Crippen molar-refractivity contribution in [3.05, 3.63) is 90.0 Å². The van der Waals surface area contributed by atoms with Gasteiger partial charge in [-0.3, -0.25) is 0 Å². The van der Waals surface area contributed by atoms with Gasteiger partial charge in [-0.1, -0.05) is 42.5 Å². The molecule has 0 radical (unpaired) electrons. The van der Waals surface area contributed by atoms with E-state index in [0.29, 0.717) is 11.1 Å². The fourth-order valence-electron chi connectivity index (χ4n) is 3.79. The molecule has 0 unspecified atom stereocenters. The first-order valence-corrected chi connectivity index (χ1v) is 8.67. The zero-order valence-corrected chi connectivity index (χ0v) is 14.3. The summed E-state index contributed by atoms with van der Waals surface area (Å²) in [6.45, 7) is 0. The van der Waals surface area contributed by atoms with Crippen LogP contribution in [0.4, 0.5) is 0 Å². The molecule has 4 aromatic carbocycles. The molecule has 0 atom stereocenters. The molecule has 0 saturated carbocycles. The van der Waals surface area contributed by atoms with Crippen LogP contribution in [0, 0.1) is 22.7 Å². The number of nitriles is 2. The molecule has 124 valence electrons. The highest BCUT2D eigenvalue weighted by molar-refractivity contribution is 6.13. The molecular weight excluding hydrogens is 330 g/mol. The first-order chi connectivity index (χ1) is 13.3. The molecule has 3 heteroatoms. The Morgan fingerprint density at radius 3 is 2.07 bits per heavy atom. The molecule has 5 rings (SSSR count). The average molecular weight is 343 g/mol.